The van der Waals surface area contributed by atoms with Crippen molar-refractivity contribution in [2.24, 2.45) is 19.2 Å². The van der Waals surface area contributed by atoms with Gasteiger partial charge < -0.3 is 20.5 Å². The predicted octanol–water partition coefficient (Wildman–Crippen LogP) is 2.55. The average molecular weight is 944 g/mol. The number of aromatic nitrogens is 10. The van der Waals surface area contributed by atoms with Gasteiger partial charge in [0.15, 0.2) is 0 Å². The minimum atomic E-state index is -3.66. The van der Waals surface area contributed by atoms with Crippen LogP contribution in [0.3, 0.4) is 0 Å². The molecule has 0 unspecified atom stereocenters. The topological polar surface area (TPSA) is 323 Å². The molecule has 2 aliphatic rings. The quantitative estimate of drug-likeness (QED) is 0.0592. The summed E-state index contributed by atoms with van der Waals surface area (Å²) in [6.45, 7) is -0.0647. The van der Waals surface area contributed by atoms with Crippen molar-refractivity contribution in [3.05, 3.63) is 111 Å². The number of hydrogen-bond acceptors (Lipinski definition) is 16. The summed E-state index contributed by atoms with van der Waals surface area (Å²) in [6.07, 6.45) is 1.25. The normalized spacial score (nSPS) is 15.2. The molecular formula is C36H34F3N18NaO7S. The number of tetrazole rings is 2. The van der Waals surface area contributed by atoms with E-state index in [-0.39, 0.29) is 61.5 Å². The first-order valence-corrected chi connectivity index (χ1v) is 20.0. The van der Waals surface area contributed by atoms with Crippen molar-refractivity contribution in [3.63, 3.8) is 0 Å². The van der Waals surface area contributed by atoms with Crippen molar-refractivity contribution in [1.82, 2.24) is 50.4 Å². The monoisotopic (exact) mass is 943 g/mol. The first-order chi connectivity index (χ1) is 31.6. The van der Waals surface area contributed by atoms with Gasteiger partial charge in [-0.2, -0.15) is 18.0 Å². The summed E-state index contributed by atoms with van der Waals surface area (Å²) in [4.78, 5) is 41.9. The predicted molar refractivity (Wildman–Crippen MR) is 222 cm³/mol. The molecule has 0 aliphatic carbocycles. The van der Waals surface area contributed by atoms with E-state index in [2.05, 4.69) is 55.0 Å². The fourth-order valence-electron chi connectivity index (χ4n) is 5.93. The Bertz CT molecular complexity index is 2850. The first kappa shape index (κ1) is 49.8. The van der Waals surface area contributed by atoms with Crippen molar-refractivity contribution < 1.29 is 75.8 Å². The Morgan fingerprint density at radius 3 is 1.61 bits per heavy atom. The number of amides is 2. The molecule has 30 heteroatoms. The van der Waals surface area contributed by atoms with Crippen molar-refractivity contribution in [2.45, 2.75) is 12.2 Å². The molecule has 0 spiro atoms. The largest absolute Gasteiger partial charge is 1.00 e. The zero-order valence-corrected chi connectivity index (χ0v) is 37.9. The van der Waals surface area contributed by atoms with Crippen LogP contribution in [0.4, 0.5) is 34.1 Å². The standard InChI is InChI=1S/C18H17FN6O5S.C17H14FN9O2.CH3F.N3.Na/c1-24-22-17(21-23-24)16-6-3-11(8-20-16)14-5-4-12(7-15(14)19)25-9-13(30-18(25)26)10-29-31(2,27)28;1-26-23-16(22-25-26)15-5-2-10(7-20-15)13-4-3-11(6-14(13)18)27-9-12(8-21-24-19)29-17(27)28;1-2;1-3-2;/h3-8,13H,9-10H2,1-2H3;2-7,12H,8-9H2,1H3;1H3;;/q;;;-1;+1/t13-;12-;;;/m10.../s1/i;;1D;;. The van der Waals surface area contributed by atoms with Gasteiger partial charge >= 0.3 is 41.7 Å². The molecule has 0 radical (unpaired) electrons. The maximum absolute atomic E-state index is 14.8. The van der Waals surface area contributed by atoms with Crippen LogP contribution in [0, 0.1) is 11.6 Å². The SMILES string of the molecule is Cn1nnc(-c2ccc(-c3ccc(N4C[C@H](CN=[N+]=[N-])OC4=O)cc3F)cn2)n1.Cn1nnc(-c2ccc(-c3ccc(N4C[C@H](COS(C)(=O)=O)OC4=O)cc3F)cn2)n1.[2H]CF.[N-]=[N+]=[N-].[Na+]. The molecular weight excluding hydrogens is 909 g/mol. The maximum atomic E-state index is 14.8. The van der Waals surface area contributed by atoms with Crippen molar-refractivity contribution in [2.75, 3.05) is 49.5 Å². The van der Waals surface area contributed by atoms with Crippen LogP contribution in [-0.4, -0.2) is 123 Å². The van der Waals surface area contributed by atoms with Crippen molar-refractivity contribution in [1.29, 1.82) is 0 Å². The number of pyridine rings is 2. The van der Waals surface area contributed by atoms with E-state index in [1.165, 1.54) is 54.9 Å². The third-order valence-electron chi connectivity index (χ3n) is 8.72. The second-order valence-corrected chi connectivity index (χ2v) is 14.8. The zero-order chi connectivity index (χ0) is 48.0. The van der Waals surface area contributed by atoms with Gasteiger partial charge in [0.25, 0.3) is 10.1 Å². The van der Waals surface area contributed by atoms with Gasteiger partial charge in [-0.05, 0) is 64.5 Å². The number of hydrogen-bond donors (Lipinski definition) is 0. The van der Waals surface area contributed by atoms with Crippen LogP contribution >= 0.6 is 0 Å². The van der Waals surface area contributed by atoms with Gasteiger partial charge in [0.1, 0.15) is 41.8 Å². The van der Waals surface area contributed by atoms with Gasteiger partial charge in [0.05, 0.1) is 59.9 Å². The van der Waals surface area contributed by atoms with E-state index in [0.717, 1.165) is 6.26 Å². The van der Waals surface area contributed by atoms with Crippen LogP contribution in [0.15, 0.2) is 78.2 Å². The summed E-state index contributed by atoms with van der Waals surface area (Å²) >= 11 is 0. The van der Waals surface area contributed by atoms with E-state index in [1.807, 2.05) is 0 Å². The molecule has 4 aromatic heterocycles. The average Bonchev–Trinajstić information content (AvgIpc) is 4.10. The number of nitrogens with zero attached hydrogens (tertiary/aromatic N) is 18. The Labute approximate surface area is 395 Å². The van der Waals surface area contributed by atoms with Crippen LogP contribution in [0.5, 0.6) is 0 Å². The molecule has 338 valence electrons. The number of halogens is 3. The molecule has 0 saturated carbocycles. The minimum absolute atomic E-state index is 0. The molecule has 66 heavy (non-hydrogen) atoms. The Hall–Kier alpha value is -7.26. The number of benzene rings is 2. The van der Waals surface area contributed by atoms with E-state index < -0.39 is 53.3 Å². The Kier molecular flexibility index (Phi) is 17.8. The number of azide groups is 1. The van der Waals surface area contributed by atoms with Crippen LogP contribution in [-0.2, 0) is 37.9 Å². The van der Waals surface area contributed by atoms with Crippen molar-refractivity contribution >= 4 is 33.7 Å². The number of alkyl halides is 1. The molecule has 2 amide bonds. The molecule has 0 N–H and O–H groups in total. The van der Waals surface area contributed by atoms with Gasteiger partial charge in [0, 0.05) is 39.6 Å². The van der Waals surface area contributed by atoms with Crippen LogP contribution < -0.4 is 39.4 Å². The smallest absolute Gasteiger partial charge is 0.444 e. The molecule has 0 bridgehead atoms. The first-order valence-electron chi connectivity index (χ1n) is 18.9. The number of carbonyl (C=O) groups excluding carboxylic acids is 2. The van der Waals surface area contributed by atoms with E-state index in [9.17, 15) is 31.2 Å². The summed E-state index contributed by atoms with van der Waals surface area (Å²) in [5, 5.41) is 26.8. The van der Waals surface area contributed by atoms with Crippen LogP contribution in [0.1, 0.15) is 1.37 Å². The number of aryl methyl sites for hydroxylation is 2. The summed E-state index contributed by atoms with van der Waals surface area (Å²) in [7, 11) is -1.37. The number of carbonyl (C=O) groups is 2. The summed E-state index contributed by atoms with van der Waals surface area (Å²) in [5.41, 5.74) is 25.2. The Morgan fingerprint density at radius 2 is 1.24 bits per heavy atom. The molecule has 2 saturated heterocycles. The third kappa shape index (κ3) is 13.4. The van der Waals surface area contributed by atoms with Gasteiger partial charge in [-0.25, -0.2) is 18.4 Å². The minimum Gasteiger partial charge on any atom is -0.444 e. The van der Waals surface area contributed by atoms with E-state index >= 15 is 0 Å². The second-order valence-electron chi connectivity index (χ2n) is 13.1. The zero-order valence-electron chi connectivity index (χ0n) is 36.1. The Balaban J connectivity index is 0.000000259. The third-order valence-corrected chi connectivity index (χ3v) is 9.28. The summed E-state index contributed by atoms with van der Waals surface area (Å²) in [5.74, 6) is -0.348. The molecule has 2 aromatic carbocycles. The molecule has 2 fully saturated rings. The maximum Gasteiger partial charge on any atom is 1.00 e. The van der Waals surface area contributed by atoms with Gasteiger partial charge in [0.2, 0.25) is 11.6 Å². The summed E-state index contributed by atoms with van der Waals surface area (Å²) in [6, 6.07) is 15.5. The van der Waals surface area contributed by atoms with E-state index in [0.29, 0.717) is 51.0 Å². The molecule has 6 heterocycles. The molecule has 25 nitrogen and oxygen atoms in total. The number of anilines is 2. The molecule has 8 rings (SSSR count). The van der Waals surface area contributed by atoms with E-state index in [4.69, 9.17) is 27.4 Å². The molecule has 6 aromatic rings. The number of rotatable bonds is 11. The second kappa shape index (κ2) is 23.6. The summed E-state index contributed by atoms with van der Waals surface area (Å²) < 4.78 is 82.1. The Morgan fingerprint density at radius 1 is 0.803 bits per heavy atom. The van der Waals surface area contributed by atoms with Gasteiger partial charge in [-0.1, -0.05) is 17.2 Å². The van der Waals surface area contributed by atoms with Crippen LogP contribution in [0.25, 0.3) is 71.7 Å². The van der Waals surface area contributed by atoms with Crippen molar-refractivity contribution in [3.8, 4) is 45.3 Å². The van der Waals surface area contributed by atoms with Crippen LogP contribution in [0.2, 0.25) is 0 Å². The fourth-order valence-corrected chi connectivity index (χ4v) is 6.33. The molecule has 2 aliphatic heterocycles. The van der Waals surface area contributed by atoms with E-state index in [1.54, 1.807) is 56.6 Å². The molecule has 2 atom stereocenters. The van der Waals surface area contributed by atoms with Gasteiger partial charge in [-0.3, -0.25) is 33.3 Å². The fraction of sp³-hybridized carbons (Fsp3) is 0.278. The number of cyclic esters (lactones) is 2. The number of ether oxygens (including phenoxy) is 2. The van der Waals surface area contributed by atoms with Gasteiger partial charge in [-0.15, -0.1) is 20.4 Å².